The number of nitrogens with two attached hydrogens (primary N) is 1. The molecule has 0 fully saturated rings. The van der Waals surface area contributed by atoms with Crippen LogP contribution in [-0.2, 0) is 19.4 Å². The van der Waals surface area contributed by atoms with E-state index in [1.165, 1.54) is 15.5 Å². The molecule has 4 aromatic rings. The minimum Gasteiger partial charge on any atom is -0.395 e. The number of benzene rings is 1. The van der Waals surface area contributed by atoms with Gasteiger partial charge >= 0.3 is 6.29 Å². The summed E-state index contributed by atoms with van der Waals surface area (Å²) >= 11 is 1.77. The lowest BCUT2D eigenvalue weighted by Crippen LogP contribution is -2.38. The first-order valence-corrected chi connectivity index (χ1v) is 11.0. The van der Waals surface area contributed by atoms with E-state index >= 15 is 0 Å². The van der Waals surface area contributed by atoms with Crippen LogP contribution in [0.15, 0.2) is 12.1 Å². The highest BCUT2D eigenvalue weighted by molar-refractivity contribution is 7.11. The van der Waals surface area contributed by atoms with Crippen molar-refractivity contribution in [1.82, 2.24) is 29.5 Å². The number of hydrogen-bond acceptors (Lipinski definition) is 9. The Morgan fingerprint density at radius 1 is 1.25 bits per heavy atom. The zero-order valence-corrected chi connectivity index (χ0v) is 18.1. The molecule has 0 bridgehead atoms. The Balaban J connectivity index is 1.32. The normalized spacial score (nSPS) is 18.4. The van der Waals surface area contributed by atoms with E-state index in [0.29, 0.717) is 23.3 Å². The highest BCUT2D eigenvalue weighted by atomic mass is 32.1. The number of ether oxygens (including phenoxy) is 2. The maximum Gasteiger partial charge on any atom is 0.586 e. The summed E-state index contributed by atoms with van der Waals surface area (Å²) in [6.45, 7) is 5.93. The van der Waals surface area contributed by atoms with Crippen LogP contribution in [0, 0.1) is 6.92 Å². The molecule has 6 rings (SSSR count). The van der Waals surface area contributed by atoms with Gasteiger partial charge < -0.3 is 15.2 Å². The Morgan fingerprint density at radius 3 is 2.94 bits per heavy atom. The number of nitrogens with zero attached hydrogens (tertiary/aromatic N) is 6. The molecule has 5 heterocycles. The molecule has 12 heteroatoms. The van der Waals surface area contributed by atoms with Crippen molar-refractivity contribution in [3.8, 4) is 11.5 Å². The van der Waals surface area contributed by atoms with Gasteiger partial charge in [-0.1, -0.05) is 0 Å². The van der Waals surface area contributed by atoms with Crippen LogP contribution in [0.1, 0.15) is 28.3 Å². The fraction of sp³-hybridized carbons (Fsp3) is 0.400. The Bertz CT molecular complexity index is 1390. The van der Waals surface area contributed by atoms with Gasteiger partial charge in [0, 0.05) is 35.8 Å². The van der Waals surface area contributed by atoms with Crippen molar-refractivity contribution < 1.29 is 18.3 Å². The predicted octanol–water partition coefficient (Wildman–Crippen LogP) is 2.94. The van der Waals surface area contributed by atoms with Crippen LogP contribution in [-0.4, -0.2) is 48.3 Å². The Labute approximate surface area is 184 Å². The zero-order chi connectivity index (χ0) is 22.2. The highest BCUT2D eigenvalue weighted by Gasteiger charge is 2.45. The van der Waals surface area contributed by atoms with Crippen molar-refractivity contribution in [2.24, 2.45) is 0 Å². The molecule has 2 aliphatic heterocycles. The molecule has 3 aromatic heterocycles. The summed E-state index contributed by atoms with van der Waals surface area (Å²) < 4.78 is 37.7. The van der Waals surface area contributed by atoms with E-state index in [0.717, 1.165) is 30.2 Å². The fourth-order valence-corrected chi connectivity index (χ4v) is 5.28. The molecule has 2 N–H and O–H groups in total. The Hall–Kier alpha value is -3.12. The number of halogens is 2. The summed E-state index contributed by atoms with van der Waals surface area (Å²) in [5, 5.41) is 6.13. The molecule has 0 radical (unpaired) electrons. The number of fused-ring (bicyclic) bond motifs is 6. The SMILES string of the molecule is Cc1nc2c(s1)CCN([C@H](C)Cc1nc3c4ccc5c(c4nc(N)n3n1)OC(F)(F)O5)C2. The van der Waals surface area contributed by atoms with Crippen LogP contribution >= 0.6 is 11.3 Å². The summed E-state index contributed by atoms with van der Waals surface area (Å²) in [5.74, 6) is 0.393. The number of thiazole rings is 1. The summed E-state index contributed by atoms with van der Waals surface area (Å²) in [6.07, 6.45) is -2.15. The van der Waals surface area contributed by atoms with Gasteiger partial charge in [0.25, 0.3) is 0 Å². The maximum atomic E-state index is 13.6. The topological polar surface area (TPSA) is 104 Å². The van der Waals surface area contributed by atoms with Gasteiger partial charge in [0.15, 0.2) is 23.0 Å². The molecule has 0 saturated carbocycles. The molecule has 0 aliphatic carbocycles. The molecular formula is C20H19F2N7O2S. The molecular weight excluding hydrogens is 440 g/mol. The van der Waals surface area contributed by atoms with E-state index in [1.807, 2.05) is 6.92 Å². The lowest BCUT2D eigenvalue weighted by molar-refractivity contribution is -0.286. The van der Waals surface area contributed by atoms with Crippen molar-refractivity contribution in [1.29, 1.82) is 0 Å². The lowest BCUT2D eigenvalue weighted by Gasteiger charge is -2.31. The van der Waals surface area contributed by atoms with E-state index in [4.69, 9.17) is 5.73 Å². The van der Waals surface area contributed by atoms with E-state index in [1.54, 1.807) is 17.4 Å². The molecule has 0 amide bonds. The van der Waals surface area contributed by atoms with Crippen LogP contribution in [0.25, 0.3) is 16.6 Å². The number of hydrogen-bond donors (Lipinski definition) is 1. The van der Waals surface area contributed by atoms with Gasteiger partial charge in [0.05, 0.1) is 10.7 Å². The third kappa shape index (κ3) is 3.05. The third-order valence-electron chi connectivity index (χ3n) is 5.85. The number of rotatable bonds is 3. The van der Waals surface area contributed by atoms with Gasteiger partial charge in [-0.25, -0.2) is 15.0 Å². The van der Waals surface area contributed by atoms with E-state index in [2.05, 4.69) is 41.3 Å². The average molecular weight is 459 g/mol. The summed E-state index contributed by atoms with van der Waals surface area (Å²) in [5.41, 5.74) is 7.83. The maximum absolute atomic E-state index is 13.6. The van der Waals surface area contributed by atoms with E-state index in [9.17, 15) is 8.78 Å². The highest BCUT2D eigenvalue weighted by Crippen LogP contribution is 2.45. The van der Waals surface area contributed by atoms with Gasteiger partial charge in [-0.3, -0.25) is 4.90 Å². The van der Waals surface area contributed by atoms with Crippen LogP contribution in [0.5, 0.6) is 11.5 Å². The van der Waals surface area contributed by atoms with Gasteiger partial charge in [-0.05, 0) is 32.4 Å². The monoisotopic (exact) mass is 459 g/mol. The van der Waals surface area contributed by atoms with Gasteiger partial charge in [0.1, 0.15) is 5.52 Å². The minimum atomic E-state index is -3.74. The smallest absolute Gasteiger partial charge is 0.395 e. The van der Waals surface area contributed by atoms with Crippen molar-refractivity contribution in [2.75, 3.05) is 12.3 Å². The molecule has 166 valence electrons. The van der Waals surface area contributed by atoms with Crippen molar-refractivity contribution in [3.63, 3.8) is 0 Å². The largest absolute Gasteiger partial charge is 0.586 e. The second-order valence-electron chi connectivity index (χ2n) is 8.07. The second-order valence-corrected chi connectivity index (χ2v) is 9.35. The molecule has 32 heavy (non-hydrogen) atoms. The van der Waals surface area contributed by atoms with Crippen LogP contribution < -0.4 is 15.2 Å². The first kappa shape index (κ1) is 19.6. The second kappa shape index (κ2) is 6.69. The van der Waals surface area contributed by atoms with Crippen LogP contribution in [0.3, 0.4) is 0 Å². The van der Waals surface area contributed by atoms with Crippen LogP contribution in [0.2, 0.25) is 0 Å². The molecule has 1 aromatic carbocycles. The number of aromatic nitrogens is 5. The molecule has 0 saturated heterocycles. The predicted molar refractivity (Wildman–Crippen MR) is 113 cm³/mol. The summed E-state index contributed by atoms with van der Waals surface area (Å²) in [7, 11) is 0. The number of nitrogen functional groups attached to an aromatic ring is 1. The van der Waals surface area contributed by atoms with Crippen molar-refractivity contribution in [2.45, 2.75) is 45.6 Å². The number of alkyl halides is 2. The molecule has 0 unspecified atom stereocenters. The molecule has 1 atom stereocenters. The summed E-state index contributed by atoms with van der Waals surface area (Å²) in [6, 6.07) is 3.20. The molecule has 0 spiro atoms. The molecule has 2 aliphatic rings. The van der Waals surface area contributed by atoms with Gasteiger partial charge in [-0.15, -0.1) is 25.2 Å². The lowest BCUT2D eigenvalue weighted by atomic mass is 10.1. The Morgan fingerprint density at radius 2 is 2.09 bits per heavy atom. The van der Waals surface area contributed by atoms with Gasteiger partial charge in [-0.2, -0.15) is 4.52 Å². The number of anilines is 1. The fourth-order valence-electron chi connectivity index (χ4n) is 4.35. The van der Waals surface area contributed by atoms with Gasteiger partial charge in [0.2, 0.25) is 5.95 Å². The third-order valence-corrected chi connectivity index (χ3v) is 6.92. The minimum absolute atomic E-state index is 0.0340. The van der Waals surface area contributed by atoms with Crippen LogP contribution in [0.4, 0.5) is 14.7 Å². The Kier molecular flexibility index (Phi) is 4.09. The van der Waals surface area contributed by atoms with E-state index in [-0.39, 0.29) is 29.0 Å². The quantitative estimate of drug-likeness (QED) is 0.499. The summed E-state index contributed by atoms with van der Waals surface area (Å²) in [4.78, 5) is 17.3. The number of aryl methyl sites for hydroxylation is 1. The van der Waals surface area contributed by atoms with Crippen molar-refractivity contribution in [3.05, 3.63) is 33.5 Å². The first-order chi connectivity index (χ1) is 15.3. The standard InChI is InChI=1S/C20H19F2N7O2S/c1-9(28-6-5-14-12(8-28)24-10(2)32-14)7-15-25-18-11-3-4-13-17(31-20(21,22)30-13)16(11)26-19(23)29(18)27-15/h3-4,9H,5-8H2,1-2H3,(H2,23,26)/t9-/m1/s1. The first-order valence-electron chi connectivity index (χ1n) is 10.2. The average Bonchev–Trinajstić information content (AvgIpc) is 3.40. The molecule has 9 nitrogen and oxygen atoms in total. The van der Waals surface area contributed by atoms with E-state index < -0.39 is 6.29 Å². The van der Waals surface area contributed by atoms with Crippen molar-refractivity contribution >= 4 is 33.8 Å². The zero-order valence-electron chi connectivity index (χ0n) is 17.3.